The Morgan fingerprint density at radius 3 is 3.04 bits per heavy atom. The van der Waals surface area contributed by atoms with Gasteiger partial charge in [0, 0.05) is 25.6 Å². The Labute approximate surface area is 163 Å². The van der Waals surface area contributed by atoms with Gasteiger partial charge < -0.3 is 14.7 Å². The Hall–Kier alpha value is -3.40. The van der Waals surface area contributed by atoms with Crippen molar-refractivity contribution < 1.29 is 19.4 Å². The highest BCUT2D eigenvalue weighted by Crippen LogP contribution is 2.27. The lowest BCUT2D eigenvalue weighted by molar-refractivity contribution is 0.0688. The van der Waals surface area contributed by atoms with Crippen molar-refractivity contribution in [2.75, 3.05) is 13.2 Å². The maximum Gasteiger partial charge on any atom is 0.256 e. The molecular weight excluding hydrogens is 358 g/mol. The summed E-state index contributed by atoms with van der Waals surface area (Å²) in [6.45, 7) is 0.837. The molecule has 7 nitrogen and oxygen atoms in total. The number of aromatic hydroxyl groups is 1. The maximum atomic E-state index is 13.1. The van der Waals surface area contributed by atoms with Crippen LogP contribution in [0.15, 0.2) is 36.5 Å². The van der Waals surface area contributed by atoms with E-state index >= 15 is 0 Å². The molecule has 7 heteroatoms. The molecule has 0 spiro atoms. The lowest BCUT2D eigenvalue weighted by Crippen LogP contribution is -2.39. The minimum absolute atomic E-state index is 0.101. The SMILES string of the molecule is N#CCCc1ncccc1C(=O)N1CCCC1COc1cccc(O)c1C=O. The molecule has 0 saturated carbocycles. The number of hydrogen-bond acceptors (Lipinski definition) is 6. The van der Waals surface area contributed by atoms with Crippen LogP contribution in [0.25, 0.3) is 0 Å². The second-order valence-corrected chi connectivity index (χ2v) is 6.57. The number of amides is 1. The number of ether oxygens (including phenoxy) is 1. The van der Waals surface area contributed by atoms with Crippen molar-refractivity contribution in [3.05, 3.63) is 53.3 Å². The molecule has 28 heavy (non-hydrogen) atoms. The summed E-state index contributed by atoms with van der Waals surface area (Å²) in [6.07, 6.45) is 4.55. The van der Waals surface area contributed by atoms with Gasteiger partial charge in [-0.15, -0.1) is 0 Å². The Bertz CT molecular complexity index is 907. The van der Waals surface area contributed by atoms with E-state index < -0.39 is 0 Å². The number of aryl methyl sites for hydroxylation is 1. The fourth-order valence-corrected chi connectivity index (χ4v) is 3.40. The first-order valence-electron chi connectivity index (χ1n) is 9.17. The molecule has 1 aliphatic heterocycles. The van der Waals surface area contributed by atoms with Gasteiger partial charge in [-0.05, 0) is 37.1 Å². The standard InChI is InChI=1S/C21H21N3O4/c22-10-2-7-18-16(6-3-11-23-18)21(27)24-12-4-5-15(24)14-28-20-9-1-8-19(26)17(20)13-25/h1,3,6,8-9,11,13,15,26H,2,4-5,7,12,14H2. The van der Waals surface area contributed by atoms with Gasteiger partial charge in [0.15, 0.2) is 6.29 Å². The van der Waals surface area contributed by atoms with Gasteiger partial charge in [-0.3, -0.25) is 14.6 Å². The van der Waals surface area contributed by atoms with Crippen LogP contribution in [0.4, 0.5) is 0 Å². The van der Waals surface area contributed by atoms with Gasteiger partial charge >= 0.3 is 0 Å². The Balaban J connectivity index is 1.73. The van der Waals surface area contributed by atoms with E-state index in [0.29, 0.717) is 42.7 Å². The van der Waals surface area contributed by atoms with Crippen LogP contribution in [0.5, 0.6) is 11.5 Å². The van der Waals surface area contributed by atoms with Crippen molar-refractivity contribution in [1.29, 1.82) is 5.26 Å². The minimum Gasteiger partial charge on any atom is -0.507 e. The average Bonchev–Trinajstić information content (AvgIpc) is 3.19. The first-order chi connectivity index (χ1) is 13.7. The first-order valence-corrected chi connectivity index (χ1v) is 9.17. The topological polar surface area (TPSA) is 104 Å². The zero-order valence-electron chi connectivity index (χ0n) is 15.4. The lowest BCUT2D eigenvalue weighted by atomic mass is 10.1. The predicted molar refractivity (Wildman–Crippen MR) is 101 cm³/mol. The van der Waals surface area contributed by atoms with Gasteiger partial charge in [0.25, 0.3) is 5.91 Å². The van der Waals surface area contributed by atoms with E-state index in [9.17, 15) is 14.7 Å². The molecule has 1 aliphatic rings. The number of hydrogen-bond donors (Lipinski definition) is 1. The van der Waals surface area contributed by atoms with Crippen LogP contribution >= 0.6 is 0 Å². The number of carbonyl (C=O) groups excluding carboxylic acids is 2. The smallest absolute Gasteiger partial charge is 0.256 e. The summed E-state index contributed by atoms with van der Waals surface area (Å²) >= 11 is 0. The molecule has 2 aromatic rings. The number of pyridine rings is 1. The van der Waals surface area contributed by atoms with Crippen LogP contribution in [-0.2, 0) is 6.42 Å². The van der Waals surface area contributed by atoms with Crippen molar-refractivity contribution in [3.8, 4) is 17.6 Å². The van der Waals surface area contributed by atoms with E-state index in [4.69, 9.17) is 10.00 Å². The van der Waals surface area contributed by atoms with E-state index in [1.807, 2.05) is 0 Å². The summed E-state index contributed by atoms with van der Waals surface area (Å²) < 4.78 is 5.76. The minimum atomic E-state index is -0.140. The van der Waals surface area contributed by atoms with Crippen molar-refractivity contribution in [1.82, 2.24) is 9.88 Å². The van der Waals surface area contributed by atoms with E-state index in [1.165, 1.54) is 6.07 Å². The molecule has 0 radical (unpaired) electrons. The van der Waals surface area contributed by atoms with Crippen LogP contribution in [-0.4, -0.2) is 46.4 Å². The molecule has 1 aromatic heterocycles. The Morgan fingerprint density at radius 1 is 1.39 bits per heavy atom. The largest absolute Gasteiger partial charge is 0.507 e. The van der Waals surface area contributed by atoms with Gasteiger partial charge in [0.05, 0.1) is 28.9 Å². The molecule has 1 amide bonds. The van der Waals surface area contributed by atoms with Crippen molar-refractivity contribution in [3.63, 3.8) is 0 Å². The van der Waals surface area contributed by atoms with Gasteiger partial charge in [0.2, 0.25) is 0 Å². The van der Waals surface area contributed by atoms with Crippen molar-refractivity contribution in [2.45, 2.75) is 31.7 Å². The zero-order valence-corrected chi connectivity index (χ0v) is 15.4. The van der Waals surface area contributed by atoms with E-state index in [2.05, 4.69) is 11.1 Å². The molecular formula is C21H21N3O4. The fraction of sp³-hybridized carbons (Fsp3) is 0.333. The van der Waals surface area contributed by atoms with Crippen LogP contribution in [0.3, 0.4) is 0 Å². The third-order valence-corrected chi connectivity index (χ3v) is 4.82. The summed E-state index contributed by atoms with van der Waals surface area (Å²) in [5, 5.41) is 18.6. The monoisotopic (exact) mass is 379 g/mol. The highest BCUT2D eigenvalue weighted by atomic mass is 16.5. The van der Waals surface area contributed by atoms with Gasteiger partial charge in [0.1, 0.15) is 18.1 Å². The lowest BCUT2D eigenvalue weighted by Gasteiger charge is -2.25. The molecule has 1 unspecified atom stereocenters. The summed E-state index contributed by atoms with van der Waals surface area (Å²) in [5.41, 5.74) is 1.23. The molecule has 1 N–H and O–H groups in total. The molecule has 0 aliphatic carbocycles. The van der Waals surface area contributed by atoms with Crippen LogP contribution in [0, 0.1) is 11.3 Å². The Kier molecular flexibility index (Phi) is 6.22. The van der Waals surface area contributed by atoms with Crippen molar-refractivity contribution >= 4 is 12.2 Å². The maximum absolute atomic E-state index is 13.1. The van der Waals surface area contributed by atoms with E-state index in [1.54, 1.807) is 35.4 Å². The van der Waals surface area contributed by atoms with Gasteiger partial charge in [-0.25, -0.2) is 0 Å². The molecule has 1 atom stereocenters. The normalized spacial score (nSPS) is 15.8. The number of benzene rings is 1. The first kappa shape index (κ1) is 19.4. The number of nitrogens with zero attached hydrogens (tertiary/aromatic N) is 3. The second-order valence-electron chi connectivity index (χ2n) is 6.57. The summed E-state index contributed by atoms with van der Waals surface area (Å²) in [6, 6.07) is 10.0. The number of carbonyl (C=O) groups is 2. The number of aldehydes is 1. The zero-order chi connectivity index (χ0) is 19.9. The molecule has 1 aromatic carbocycles. The molecule has 0 bridgehead atoms. The average molecular weight is 379 g/mol. The number of likely N-dealkylation sites (tertiary alicyclic amines) is 1. The van der Waals surface area contributed by atoms with Crippen LogP contribution in [0.1, 0.15) is 45.7 Å². The number of rotatable bonds is 7. The second kappa shape index (κ2) is 9.00. The molecule has 2 heterocycles. The number of phenolic OH excluding ortho intramolecular Hbond substituents is 1. The predicted octanol–water partition coefficient (Wildman–Crippen LogP) is 2.74. The summed E-state index contributed by atoms with van der Waals surface area (Å²) in [4.78, 5) is 30.3. The van der Waals surface area contributed by atoms with Crippen LogP contribution in [0.2, 0.25) is 0 Å². The number of nitriles is 1. The van der Waals surface area contributed by atoms with E-state index in [-0.39, 0.29) is 29.9 Å². The van der Waals surface area contributed by atoms with Gasteiger partial charge in [-0.1, -0.05) is 6.07 Å². The highest BCUT2D eigenvalue weighted by molar-refractivity contribution is 5.95. The van der Waals surface area contributed by atoms with Gasteiger partial charge in [-0.2, -0.15) is 5.26 Å². The fourth-order valence-electron chi connectivity index (χ4n) is 3.40. The molecule has 144 valence electrons. The number of aromatic nitrogens is 1. The van der Waals surface area contributed by atoms with E-state index in [0.717, 1.165) is 12.8 Å². The summed E-state index contributed by atoms with van der Waals surface area (Å²) in [7, 11) is 0. The number of phenols is 1. The van der Waals surface area contributed by atoms with Crippen molar-refractivity contribution in [2.24, 2.45) is 0 Å². The molecule has 3 rings (SSSR count). The third-order valence-electron chi connectivity index (χ3n) is 4.82. The Morgan fingerprint density at radius 2 is 2.25 bits per heavy atom. The molecule has 1 fully saturated rings. The quantitative estimate of drug-likeness (QED) is 0.742. The molecule has 1 saturated heterocycles. The van der Waals surface area contributed by atoms with Crippen LogP contribution < -0.4 is 4.74 Å². The third kappa shape index (κ3) is 4.12. The highest BCUT2D eigenvalue weighted by Gasteiger charge is 2.31. The summed E-state index contributed by atoms with van der Waals surface area (Å²) in [5.74, 6) is 0.0356.